The summed E-state index contributed by atoms with van der Waals surface area (Å²) < 4.78 is 7.79. The van der Waals surface area contributed by atoms with Crippen molar-refractivity contribution in [3.05, 3.63) is 22.7 Å². The Bertz CT molecular complexity index is 464. The number of ether oxygens (including phenoxy) is 1. The monoisotopic (exact) mass is 288 g/mol. The van der Waals surface area contributed by atoms with Gasteiger partial charge in [-0.1, -0.05) is 23.5 Å². The highest BCUT2D eigenvalue weighted by molar-refractivity contribution is 9.10. The predicted octanol–water partition coefficient (Wildman–Crippen LogP) is 4.35. The van der Waals surface area contributed by atoms with Gasteiger partial charge >= 0.3 is 0 Å². The molecule has 0 aliphatic rings. The highest BCUT2D eigenvalue weighted by Gasteiger charge is 2.11. The number of fused-ring (bicyclic) bond motifs is 1. The Balaban J connectivity index is 2.67. The van der Waals surface area contributed by atoms with Crippen LogP contribution in [0.2, 0.25) is 0 Å². The molecular weight excluding hydrogens is 280 g/mol. The van der Waals surface area contributed by atoms with E-state index < -0.39 is 0 Å². The van der Waals surface area contributed by atoms with Crippen LogP contribution in [0.4, 0.5) is 0 Å². The molecule has 2 aromatic rings. The van der Waals surface area contributed by atoms with Crippen LogP contribution in [0.15, 0.2) is 27.6 Å². The summed E-state index contributed by atoms with van der Waals surface area (Å²) in [7, 11) is 0. The van der Waals surface area contributed by atoms with Crippen molar-refractivity contribution in [1.29, 1.82) is 0 Å². The van der Waals surface area contributed by atoms with E-state index in [2.05, 4.69) is 34.6 Å². The van der Waals surface area contributed by atoms with Gasteiger partial charge in [0.2, 0.25) is 0 Å². The third-order valence-corrected chi connectivity index (χ3v) is 4.56. The molecular formula is C10H9BrOS2. The zero-order chi connectivity index (χ0) is 10.1. The lowest BCUT2D eigenvalue weighted by Crippen LogP contribution is -1.88. The summed E-state index contributed by atoms with van der Waals surface area (Å²) in [5.41, 5.74) is 0. The van der Waals surface area contributed by atoms with Crippen LogP contribution in [0, 0.1) is 0 Å². The maximum atomic E-state index is 5.50. The Labute approximate surface area is 101 Å². The van der Waals surface area contributed by atoms with E-state index >= 15 is 0 Å². The van der Waals surface area contributed by atoms with Gasteiger partial charge in [0, 0.05) is 9.86 Å². The molecule has 0 spiro atoms. The van der Waals surface area contributed by atoms with Crippen molar-refractivity contribution in [2.75, 3.05) is 6.61 Å². The topological polar surface area (TPSA) is 9.23 Å². The molecule has 0 aliphatic heterocycles. The van der Waals surface area contributed by atoms with Gasteiger partial charge in [-0.2, -0.15) is 0 Å². The van der Waals surface area contributed by atoms with Gasteiger partial charge in [-0.15, -0.1) is 12.6 Å². The summed E-state index contributed by atoms with van der Waals surface area (Å²) in [6.07, 6.45) is 0. The second-order valence-electron chi connectivity index (χ2n) is 2.79. The van der Waals surface area contributed by atoms with Crippen LogP contribution >= 0.6 is 39.9 Å². The molecule has 14 heavy (non-hydrogen) atoms. The third kappa shape index (κ3) is 1.66. The second-order valence-corrected chi connectivity index (χ2v) is 5.07. The molecule has 0 unspecified atom stereocenters. The van der Waals surface area contributed by atoms with Crippen molar-refractivity contribution in [1.82, 2.24) is 0 Å². The number of thiol groups is 1. The molecule has 1 aromatic carbocycles. The molecule has 0 aliphatic carbocycles. The zero-order valence-electron chi connectivity index (χ0n) is 7.58. The number of thiophene rings is 1. The Morgan fingerprint density at radius 2 is 2.29 bits per heavy atom. The SMILES string of the molecule is CCOc1sc2c(Br)cccc2c1S. The van der Waals surface area contributed by atoms with Crippen molar-refractivity contribution in [3.8, 4) is 5.06 Å². The summed E-state index contributed by atoms with van der Waals surface area (Å²) in [6, 6.07) is 6.10. The molecule has 1 aromatic heterocycles. The molecule has 2 rings (SSSR count). The maximum Gasteiger partial charge on any atom is 0.188 e. The number of halogens is 1. The van der Waals surface area contributed by atoms with Crippen LogP contribution in [0.5, 0.6) is 5.06 Å². The van der Waals surface area contributed by atoms with Crippen molar-refractivity contribution in [2.24, 2.45) is 0 Å². The average Bonchev–Trinajstić information content (AvgIpc) is 2.48. The fourth-order valence-electron chi connectivity index (χ4n) is 1.28. The zero-order valence-corrected chi connectivity index (χ0v) is 10.9. The van der Waals surface area contributed by atoms with Gasteiger partial charge in [0.1, 0.15) is 0 Å². The third-order valence-electron chi connectivity index (χ3n) is 1.89. The number of hydrogen-bond acceptors (Lipinski definition) is 3. The first kappa shape index (κ1) is 10.3. The first-order valence-corrected chi connectivity index (χ1v) is 6.32. The van der Waals surface area contributed by atoms with Crippen LogP contribution in [0.3, 0.4) is 0 Å². The van der Waals surface area contributed by atoms with E-state index in [0.717, 1.165) is 19.8 Å². The van der Waals surface area contributed by atoms with Gasteiger partial charge in [-0.25, -0.2) is 0 Å². The van der Waals surface area contributed by atoms with Gasteiger partial charge in [-0.05, 0) is 28.9 Å². The molecule has 1 heterocycles. The highest BCUT2D eigenvalue weighted by Crippen LogP contribution is 2.43. The molecule has 0 fully saturated rings. The number of rotatable bonds is 2. The van der Waals surface area contributed by atoms with E-state index in [-0.39, 0.29) is 0 Å². The number of benzene rings is 1. The molecule has 0 N–H and O–H groups in total. The van der Waals surface area contributed by atoms with E-state index in [4.69, 9.17) is 4.74 Å². The standard InChI is InChI=1S/C10H9BrOS2/c1-2-12-10-8(13)6-4-3-5-7(11)9(6)14-10/h3-5,13H,2H2,1H3. The van der Waals surface area contributed by atoms with Gasteiger partial charge < -0.3 is 4.74 Å². The van der Waals surface area contributed by atoms with Gasteiger partial charge in [-0.3, -0.25) is 0 Å². The van der Waals surface area contributed by atoms with Crippen LogP contribution in [-0.2, 0) is 0 Å². The van der Waals surface area contributed by atoms with Gasteiger partial charge in [0.15, 0.2) is 5.06 Å². The minimum absolute atomic E-state index is 0.679. The molecule has 0 amide bonds. The van der Waals surface area contributed by atoms with Crippen LogP contribution in [0.1, 0.15) is 6.92 Å². The Hall–Kier alpha value is -0.190. The van der Waals surface area contributed by atoms with Crippen LogP contribution < -0.4 is 4.74 Å². The minimum atomic E-state index is 0.679. The molecule has 1 nitrogen and oxygen atoms in total. The van der Waals surface area contributed by atoms with Crippen molar-refractivity contribution in [3.63, 3.8) is 0 Å². The van der Waals surface area contributed by atoms with E-state index in [1.807, 2.05) is 19.1 Å². The second kappa shape index (κ2) is 4.13. The predicted molar refractivity (Wildman–Crippen MR) is 67.9 cm³/mol. The largest absolute Gasteiger partial charge is 0.483 e. The fourth-order valence-corrected chi connectivity index (χ4v) is 3.37. The van der Waals surface area contributed by atoms with Gasteiger partial charge in [0.25, 0.3) is 0 Å². The quantitative estimate of drug-likeness (QED) is 0.809. The van der Waals surface area contributed by atoms with E-state index in [9.17, 15) is 0 Å². The van der Waals surface area contributed by atoms with Crippen LogP contribution in [-0.4, -0.2) is 6.61 Å². The Morgan fingerprint density at radius 1 is 1.50 bits per heavy atom. The lowest BCUT2D eigenvalue weighted by Gasteiger charge is -1.97. The summed E-state index contributed by atoms with van der Waals surface area (Å²) >= 11 is 9.61. The normalized spacial score (nSPS) is 10.8. The van der Waals surface area contributed by atoms with Crippen molar-refractivity contribution in [2.45, 2.75) is 11.8 Å². The minimum Gasteiger partial charge on any atom is -0.483 e. The summed E-state index contributed by atoms with van der Waals surface area (Å²) in [4.78, 5) is 0.938. The Morgan fingerprint density at radius 3 is 2.93 bits per heavy atom. The molecule has 4 heteroatoms. The molecule has 0 bridgehead atoms. The maximum absolute atomic E-state index is 5.50. The summed E-state index contributed by atoms with van der Waals surface area (Å²) in [5.74, 6) is 0. The molecule has 0 atom stereocenters. The highest BCUT2D eigenvalue weighted by atomic mass is 79.9. The summed E-state index contributed by atoms with van der Waals surface area (Å²) in [5, 5.41) is 2.05. The lowest BCUT2D eigenvalue weighted by molar-refractivity contribution is 0.344. The molecule has 74 valence electrons. The van der Waals surface area contributed by atoms with E-state index in [1.54, 1.807) is 11.3 Å². The van der Waals surface area contributed by atoms with Crippen molar-refractivity contribution < 1.29 is 4.74 Å². The Kier molecular flexibility index (Phi) is 3.04. The first-order valence-electron chi connectivity index (χ1n) is 4.26. The lowest BCUT2D eigenvalue weighted by atomic mass is 10.3. The molecule has 0 saturated heterocycles. The van der Waals surface area contributed by atoms with Crippen LogP contribution in [0.25, 0.3) is 10.1 Å². The van der Waals surface area contributed by atoms with E-state index in [1.165, 1.54) is 4.70 Å². The summed E-state index contributed by atoms with van der Waals surface area (Å²) in [6.45, 7) is 2.66. The first-order chi connectivity index (χ1) is 6.74. The smallest absolute Gasteiger partial charge is 0.188 e. The molecule has 0 saturated carbocycles. The van der Waals surface area contributed by atoms with Gasteiger partial charge in [0.05, 0.1) is 16.2 Å². The fraction of sp³-hybridized carbons (Fsp3) is 0.200. The average molecular weight is 289 g/mol. The number of hydrogen-bond donors (Lipinski definition) is 1. The molecule has 0 radical (unpaired) electrons. The van der Waals surface area contributed by atoms with Crippen molar-refractivity contribution >= 4 is 50.0 Å². The van der Waals surface area contributed by atoms with E-state index in [0.29, 0.717) is 6.61 Å².